The summed E-state index contributed by atoms with van der Waals surface area (Å²) < 4.78 is 18.4. The number of ether oxygens (including phenoxy) is 1. The smallest absolute Gasteiger partial charge is 0.123 e. The minimum absolute atomic E-state index is 0.272. The Labute approximate surface area is 114 Å². The van der Waals surface area contributed by atoms with Gasteiger partial charge in [0.2, 0.25) is 0 Å². The zero-order valence-corrected chi connectivity index (χ0v) is 10.7. The molecule has 2 nitrogen and oxygen atoms in total. The summed E-state index contributed by atoms with van der Waals surface area (Å²) in [7, 11) is 0. The third-order valence-electron chi connectivity index (χ3n) is 2.96. The molecule has 0 unspecified atom stereocenters. The molecule has 0 amide bonds. The first-order valence-electron chi connectivity index (χ1n) is 5.87. The van der Waals surface area contributed by atoms with Crippen LogP contribution >= 0.6 is 11.6 Å². The Hall–Kier alpha value is -2.00. The van der Waals surface area contributed by atoms with Crippen LogP contribution in [-0.2, 0) is 6.61 Å². The fourth-order valence-corrected chi connectivity index (χ4v) is 2.22. The van der Waals surface area contributed by atoms with Gasteiger partial charge in [0, 0.05) is 17.1 Å². The second-order valence-electron chi connectivity index (χ2n) is 4.22. The van der Waals surface area contributed by atoms with Crippen molar-refractivity contribution in [1.29, 1.82) is 0 Å². The molecule has 0 aliphatic carbocycles. The number of aromatic nitrogens is 1. The molecule has 1 aromatic heterocycles. The van der Waals surface area contributed by atoms with Crippen LogP contribution in [0.1, 0.15) is 5.56 Å². The standard InChI is InChI=1S/C15H11ClFNO/c16-14-3-1-2-13-10(8-18-15(13)14)9-19-12-6-4-11(17)5-7-12/h1-8,18H,9H2. The number of nitrogens with one attached hydrogen (secondary N) is 1. The van der Waals surface area contributed by atoms with Gasteiger partial charge in [0.1, 0.15) is 18.2 Å². The number of hydrogen-bond acceptors (Lipinski definition) is 1. The molecule has 4 heteroatoms. The van der Waals surface area contributed by atoms with Crippen molar-refractivity contribution < 1.29 is 9.13 Å². The van der Waals surface area contributed by atoms with Crippen molar-refractivity contribution >= 4 is 22.5 Å². The Morgan fingerprint density at radius 1 is 1.11 bits per heavy atom. The molecule has 1 N–H and O–H groups in total. The number of benzene rings is 2. The van der Waals surface area contributed by atoms with Gasteiger partial charge in [-0.05, 0) is 30.3 Å². The largest absolute Gasteiger partial charge is 0.489 e. The molecule has 96 valence electrons. The third kappa shape index (κ3) is 2.42. The molecule has 2 aromatic carbocycles. The van der Waals surface area contributed by atoms with Gasteiger partial charge < -0.3 is 9.72 Å². The minimum Gasteiger partial charge on any atom is -0.489 e. The van der Waals surface area contributed by atoms with Gasteiger partial charge in [-0.25, -0.2) is 4.39 Å². The average Bonchev–Trinajstić information content (AvgIpc) is 2.83. The number of halogens is 2. The lowest BCUT2D eigenvalue weighted by Gasteiger charge is -2.05. The lowest BCUT2D eigenvalue weighted by Crippen LogP contribution is -1.94. The van der Waals surface area contributed by atoms with Gasteiger partial charge in [-0.2, -0.15) is 0 Å². The van der Waals surface area contributed by atoms with Crippen molar-refractivity contribution in [2.45, 2.75) is 6.61 Å². The molecule has 0 aliphatic rings. The summed E-state index contributed by atoms with van der Waals surface area (Å²) >= 11 is 6.09. The number of fused-ring (bicyclic) bond motifs is 1. The molecule has 0 fully saturated rings. The Balaban J connectivity index is 1.82. The molecule has 3 aromatic rings. The van der Waals surface area contributed by atoms with Crippen LogP contribution in [0.5, 0.6) is 5.75 Å². The van der Waals surface area contributed by atoms with Gasteiger partial charge in [0.25, 0.3) is 0 Å². The first-order valence-corrected chi connectivity index (χ1v) is 6.25. The first kappa shape index (κ1) is 12.1. The molecule has 0 radical (unpaired) electrons. The van der Waals surface area contributed by atoms with Crippen molar-refractivity contribution in [2.75, 3.05) is 0 Å². The SMILES string of the molecule is Fc1ccc(OCc2c[nH]c3c(Cl)cccc23)cc1. The summed E-state index contributed by atoms with van der Waals surface area (Å²) in [5, 5.41) is 1.72. The highest BCUT2D eigenvalue weighted by molar-refractivity contribution is 6.35. The molecule has 0 saturated carbocycles. The Kier molecular flexibility index (Phi) is 3.13. The van der Waals surface area contributed by atoms with Crippen LogP contribution in [0.15, 0.2) is 48.7 Å². The molecule has 0 spiro atoms. The summed E-state index contributed by atoms with van der Waals surface area (Å²) in [4.78, 5) is 3.13. The molecule has 1 heterocycles. The molecule has 0 saturated heterocycles. The van der Waals surface area contributed by atoms with Crippen LogP contribution in [0.25, 0.3) is 10.9 Å². The monoisotopic (exact) mass is 275 g/mol. The zero-order valence-electron chi connectivity index (χ0n) is 9.99. The normalized spacial score (nSPS) is 10.8. The van der Waals surface area contributed by atoms with E-state index in [0.717, 1.165) is 16.5 Å². The van der Waals surface area contributed by atoms with Gasteiger partial charge in [-0.1, -0.05) is 23.7 Å². The predicted molar refractivity (Wildman–Crippen MR) is 74.0 cm³/mol. The van der Waals surface area contributed by atoms with Crippen molar-refractivity contribution in [1.82, 2.24) is 4.98 Å². The van der Waals surface area contributed by atoms with E-state index in [1.54, 1.807) is 12.1 Å². The number of rotatable bonds is 3. The van der Waals surface area contributed by atoms with Gasteiger partial charge in [-0.3, -0.25) is 0 Å². The predicted octanol–water partition coefficient (Wildman–Crippen LogP) is 4.54. The Bertz CT molecular complexity index is 706. The first-order chi connectivity index (χ1) is 9.24. The topological polar surface area (TPSA) is 25.0 Å². The van der Waals surface area contributed by atoms with Crippen molar-refractivity contribution in [2.24, 2.45) is 0 Å². The van der Waals surface area contributed by atoms with Crippen molar-refractivity contribution in [3.63, 3.8) is 0 Å². The van der Waals surface area contributed by atoms with E-state index < -0.39 is 0 Å². The maximum Gasteiger partial charge on any atom is 0.123 e. The van der Waals surface area contributed by atoms with Crippen LogP contribution in [0.3, 0.4) is 0 Å². The number of para-hydroxylation sites is 1. The summed E-state index contributed by atoms with van der Waals surface area (Å²) in [6.07, 6.45) is 1.88. The number of H-pyrrole nitrogens is 1. The van der Waals surface area contributed by atoms with E-state index in [1.165, 1.54) is 12.1 Å². The van der Waals surface area contributed by atoms with Crippen LogP contribution in [0.4, 0.5) is 4.39 Å². The van der Waals surface area contributed by atoms with Crippen molar-refractivity contribution in [3.05, 3.63) is 65.1 Å². The van der Waals surface area contributed by atoms with Crippen molar-refractivity contribution in [3.8, 4) is 5.75 Å². The highest BCUT2D eigenvalue weighted by atomic mass is 35.5. The van der Waals surface area contributed by atoms with E-state index in [0.29, 0.717) is 17.4 Å². The summed E-state index contributed by atoms with van der Waals surface area (Å²) in [6.45, 7) is 0.409. The van der Waals surface area contributed by atoms with Crippen LogP contribution in [0, 0.1) is 5.82 Å². The summed E-state index contributed by atoms with van der Waals surface area (Å²) in [6, 6.07) is 11.7. The van der Waals surface area contributed by atoms with E-state index in [1.807, 2.05) is 24.4 Å². The van der Waals surface area contributed by atoms with E-state index in [4.69, 9.17) is 16.3 Å². The molecule has 19 heavy (non-hydrogen) atoms. The van der Waals surface area contributed by atoms with E-state index in [2.05, 4.69) is 4.98 Å². The van der Waals surface area contributed by atoms with Crippen LogP contribution in [-0.4, -0.2) is 4.98 Å². The quantitative estimate of drug-likeness (QED) is 0.746. The van der Waals surface area contributed by atoms with Crippen LogP contribution in [0.2, 0.25) is 5.02 Å². The highest BCUT2D eigenvalue weighted by Crippen LogP contribution is 2.26. The fourth-order valence-electron chi connectivity index (χ4n) is 1.99. The molecule has 0 bridgehead atoms. The molecular weight excluding hydrogens is 265 g/mol. The second-order valence-corrected chi connectivity index (χ2v) is 4.63. The average molecular weight is 276 g/mol. The maximum atomic E-state index is 12.8. The number of hydrogen-bond donors (Lipinski definition) is 1. The lowest BCUT2D eigenvalue weighted by molar-refractivity contribution is 0.307. The van der Waals surface area contributed by atoms with E-state index in [9.17, 15) is 4.39 Å². The lowest BCUT2D eigenvalue weighted by atomic mass is 10.2. The van der Waals surface area contributed by atoms with Gasteiger partial charge >= 0.3 is 0 Å². The molecule has 0 atom stereocenters. The second kappa shape index (κ2) is 4.94. The number of aromatic amines is 1. The summed E-state index contributed by atoms with van der Waals surface area (Å²) in [5.41, 5.74) is 1.92. The van der Waals surface area contributed by atoms with Gasteiger partial charge in [0.05, 0.1) is 10.5 Å². The zero-order chi connectivity index (χ0) is 13.2. The van der Waals surface area contributed by atoms with E-state index >= 15 is 0 Å². The maximum absolute atomic E-state index is 12.8. The van der Waals surface area contributed by atoms with Gasteiger partial charge in [0.15, 0.2) is 0 Å². The molecule has 3 rings (SSSR count). The van der Waals surface area contributed by atoms with Gasteiger partial charge in [-0.15, -0.1) is 0 Å². The third-order valence-corrected chi connectivity index (χ3v) is 3.27. The molecular formula is C15H11ClFNO. The van der Waals surface area contributed by atoms with Crippen LogP contribution < -0.4 is 4.74 Å². The highest BCUT2D eigenvalue weighted by Gasteiger charge is 2.06. The summed E-state index contributed by atoms with van der Waals surface area (Å²) in [5.74, 6) is 0.365. The Morgan fingerprint density at radius 3 is 2.68 bits per heavy atom. The minimum atomic E-state index is -0.272. The fraction of sp³-hybridized carbons (Fsp3) is 0.0667. The molecule has 0 aliphatic heterocycles. The Morgan fingerprint density at radius 2 is 1.89 bits per heavy atom. The van der Waals surface area contributed by atoms with E-state index in [-0.39, 0.29) is 5.82 Å².